The summed E-state index contributed by atoms with van der Waals surface area (Å²) in [5.74, 6) is 1.80. The van der Waals surface area contributed by atoms with Crippen LogP contribution in [0.15, 0.2) is 54.9 Å². The van der Waals surface area contributed by atoms with Crippen LogP contribution in [-0.2, 0) is 18.3 Å². The van der Waals surface area contributed by atoms with Crippen LogP contribution >= 0.6 is 11.8 Å². The summed E-state index contributed by atoms with van der Waals surface area (Å²) < 4.78 is 4.11. The number of hydrogen-bond donors (Lipinski definition) is 1. The second kappa shape index (κ2) is 9.34. The van der Waals surface area contributed by atoms with Crippen LogP contribution in [0.3, 0.4) is 0 Å². The Morgan fingerprint density at radius 3 is 2.87 bits per heavy atom. The molecular weight excluding hydrogens is 394 g/mol. The number of carbonyl (C=O) groups excluding carboxylic acids is 1. The van der Waals surface area contributed by atoms with E-state index >= 15 is 0 Å². The smallest absolute Gasteiger partial charge is 0.220 e. The highest BCUT2D eigenvalue weighted by atomic mass is 32.2. The van der Waals surface area contributed by atoms with E-state index in [1.807, 2.05) is 28.8 Å². The fraction of sp³-hybridized carbons (Fsp3) is 0.348. The van der Waals surface area contributed by atoms with Crippen molar-refractivity contribution in [2.24, 2.45) is 7.05 Å². The second-order valence-corrected chi connectivity index (χ2v) is 8.51. The molecule has 0 aliphatic carbocycles. The third-order valence-corrected chi connectivity index (χ3v) is 6.07. The summed E-state index contributed by atoms with van der Waals surface area (Å²) in [6.07, 6.45) is 9.22. The molecule has 6 nitrogen and oxygen atoms in total. The van der Waals surface area contributed by atoms with Crippen molar-refractivity contribution in [3.05, 3.63) is 66.2 Å². The van der Waals surface area contributed by atoms with Crippen LogP contribution in [0.2, 0.25) is 0 Å². The first-order valence-electron chi connectivity index (χ1n) is 10.3. The number of amides is 1. The van der Waals surface area contributed by atoms with Crippen LogP contribution in [-0.4, -0.2) is 37.1 Å². The molecule has 3 aromatic heterocycles. The zero-order valence-corrected chi connectivity index (χ0v) is 18.2. The number of fused-ring (bicyclic) bond motifs is 2. The van der Waals surface area contributed by atoms with Crippen molar-refractivity contribution in [1.82, 2.24) is 24.5 Å². The van der Waals surface area contributed by atoms with Gasteiger partial charge in [-0.2, -0.15) is 11.8 Å². The van der Waals surface area contributed by atoms with E-state index in [2.05, 4.69) is 63.8 Å². The number of para-hydroxylation sites is 1. The number of rotatable bonds is 9. The van der Waals surface area contributed by atoms with Crippen molar-refractivity contribution < 1.29 is 4.79 Å². The molecule has 0 aliphatic rings. The van der Waals surface area contributed by atoms with Crippen LogP contribution in [0.25, 0.3) is 16.6 Å². The summed E-state index contributed by atoms with van der Waals surface area (Å²) in [4.78, 5) is 12.7. The number of nitrogens with one attached hydrogen (secondary N) is 1. The molecule has 0 aliphatic heterocycles. The van der Waals surface area contributed by atoms with Gasteiger partial charge in [0.05, 0.1) is 6.04 Å². The Kier molecular flexibility index (Phi) is 6.38. The topological polar surface area (TPSA) is 64.2 Å². The molecule has 1 N–H and O–H groups in total. The average molecular weight is 422 g/mol. The Morgan fingerprint density at radius 1 is 1.17 bits per heavy atom. The van der Waals surface area contributed by atoms with Crippen molar-refractivity contribution in [3.8, 4) is 0 Å². The number of aromatic nitrogens is 4. The molecule has 1 unspecified atom stereocenters. The van der Waals surface area contributed by atoms with Crippen molar-refractivity contribution in [3.63, 3.8) is 0 Å². The Morgan fingerprint density at radius 2 is 2.00 bits per heavy atom. The number of nitrogens with zero attached hydrogens (tertiary/aromatic N) is 4. The van der Waals surface area contributed by atoms with Crippen molar-refractivity contribution in [2.45, 2.75) is 31.7 Å². The van der Waals surface area contributed by atoms with Gasteiger partial charge in [-0.15, -0.1) is 10.2 Å². The van der Waals surface area contributed by atoms with Crippen molar-refractivity contribution >= 4 is 34.2 Å². The van der Waals surface area contributed by atoms with E-state index < -0.39 is 0 Å². The minimum absolute atomic E-state index is 0.0639. The number of pyridine rings is 1. The maximum Gasteiger partial charge on any atom is 0.220 e. The lowest BCUT2D eigenvalue weighted by Gasteiger charge is -2.17. The lowest BCUT2D eigenvalue weighted by Crippen LogP contribution is -2.30. The molecule has 0 bridgehead atoms. The minimum atomic E-state index is -0.139. The second-order valence-electron chi connectivity index (χ2n) is 7.52. The lowest BCUT2D eigenvalue weighted by molar-refractivity contribution is -0.122. The van der Waals surface area contributed by atoms with Crippen molar-refractivity contribution in [2.75, 3.05) is 12.0 Å². The molecule has 0 saturated heterocycles. The van der Waals surface area contributed by atoms with Gasteiger partial charge in [0.25, 0.3) is 0 Å². The lowest BCUT2D eigenvalue weighted by atomic mass is 10.1. The first kappa shape index (κ1) is 20.5. The summed E-state index contributed by atoms with van der Waals surface area (Å²) in [5, 5.41) is 13.1. The molecule has 4 aromatic rings. The quantitative estimate of drug-likeness (QED) is 0.441. The molecule has 0 spiro atoms. The van der Waals surface area contributed by atoms with Gasteiger partial charge in [-0.1, -0.05) is 24.3 Å². The first-order chi connectivity index (χ1) is 14.7. The summed E-state index contributed by atoms with van der Waals surface area (Å²) in [7, 11) is 2.07. The molecular formula is C23H27N5OS. The van der Waals surface area contributed by atoms with Gasteiger partial charge < -0.3 is 9.88 Å². The largest absolute Gasteiger partial charge is 0.350 e. The zero-order valence-electron chi connectivity index (χ0n) is 17.4. The molecule has 0 saturated carbocycles. The summed E-state index contributed by atoms with van der Waals surface area (Å²) in [6, 6.07) is 14.1. The molecule has 1 amide bonds. The summed E-state index contributed by atoms with van der Waals surface area (Å²) in [5.41, 5.74) is 3.32. The summed E-state index contributed by atoms with van der Waals surface area (Å²) in [6.45, 7) is 0. The van der Waals surface area contributed by atoms with E-state index in [-0.39, 0.29) is 11.9 Å². The van der Waals surface area contributed by atoms with E-state index in [0.717, 1.165) is 36.5 Å². The molecule has 156 valence electrons. The van der Waals surface area contributed by atoms with E-state index in [9.17, 15) is 4.79 Å². The molecule has 4 rings (SSSR count). The number of thioether (sulfide) groups is 1. The van der Waals surface area contributed by atoms with Crippen LogP contribution in [0.5, 0.6) is 0 Å². The van der Waals surface area contributed by atoms with Crippen LogP contribution < -0.4 is 5.32 Å². The Balaban J connectivity index is 1.40. The molecule has 0 radical (unpaired) electrons. The maximum absolute atomic E-state index is 12.7. The molecule has 1 aromatic carbocycles. The third kappa shape index (κ3) is 4.36. The predicted molar refractivity (Wildman–Crippen MR) is 123 cm³/mol. The Hall–Kier alpha value is -2.80. The molecule has 3 heterocycles. The number of benzene rings is 1. The van der Waals surface area contributed by atoms with Crippen LogP contribution in [0.1, 0.15) is 36.7 Å². The van der Waals surface area contributed by atoms with Gasteiger partial charge >= 0.3 is 0 Å². The van der Waals surface area contributed by atoms with Crippen LogP contribution in [0, 0.1) is 0 Å². The maximum atomic E-state index is 12.7. The van der Waals surface area contributed by atoms with E-state index in [4.69, 9.17) is 0 Å². The molecule has 0 fully saturated rings. The van der Waals surface area contributed by atoms with Gasteiger partial charge in [0, 0.05) is 36.8 Å². The Bertz CT molecular complexity index is 1150. The molecule has 30 heavy (non-hydrogen) atoms. The van der Waals surface area contributed by atoms with Gasteiger partial charge in [0.2, 0.25) is 5.91 Å². The Labute approximate surface area is 180 Å². The highest BCUT2D eigenvalue weighted by Crippen LogP contribution is 2.22. The molecule has 1 atom stereocenters. The summed E-state index contributed by atoms with van der Waals surface area (Å²) >= 11 is 1.77. The molecule has 7 heteroatoms. The fourth-order valence-corrected chi connectivity index (χ4v) is 4.40. The van der Waals surface area contributed by atoms with E-state index in [1.165, 1.54) is 16.5 Å². The van der Waals surface area contributed by atoms with Gasteiger partial charge in [-0.3, -0.25) is 9.20 Å². The highest BCUT2D eigenvalue weighted by Gasteiger charge is 2.20. The monoisotopic (exact) mass is 421 g/mol. The van der Waals surface area contributed by atoms with Gasteiger partial charge in [0.15, 0.2) is 11.5 Å². The average Bonchev–Trinajstić information content (AvgIpc) is 3.33. The van der Waals surface area contributed by atoms with Gasteiger partial charge in [-0.25, -0.2) is 0 Å². The van der Waals surface area contributed by atoms with E-state index in [0.29, 0.717) is 6.42 Å². The first-order valence-corrected chi connectivity index (χ1v) is 11.7. The van der Waals surface area contributed by atoms with E-state index in [1.54, 1.807) is 11.8 Å². The van der Waals surface area contributed by atoms with Gasteiger partial charge in [0.1, 0.15) is 0 Å². The third-order valence-electron chi connectivity index (χ3n) is 5.43. The fourth-order valence-electron chi connectivity index (χ4n) is 3.93. The number of hydrogen-bond acceptors (Lipinski definition) is 4. The van der Waals surface area contributed by atoms with Gasteiger partial charge in [-0.05, 0) is 55.0 Å². The minimum Gasteiger partial charge on any atom is -0.350 e. The van der Waals surface area contributed by atoms with Crippen molar-refractivity contribution in [1.29, 1.82) is 0 Å². The predicted octanol–water partition coefficient (Wildman–Crippen LogP) is 4.15. The van der Waals surface area contributed by atoms with Crippen LogP contribution in [0.4, 0.5) is 0 Å². The number of aryl methyl sites for hydroxylation is 2. The standard InChI is InChI=1S/C23H27N5OS/c1-27-16-17(18-9-3-4-10-20(18)27)8-7-12-22(29)24-19(13-15-30-2)23-26-25-21-11-5-6-14-28(21)23/h3-6,9-11,14,16,19H,7-8,12-13,15H2,1-2H3,(H,24,29). The normalized spacial score (nSPS) is 12.5. The number of carbonyl (C=O) groups is 1. The highest BCUT2D eigenvalue weighted by molar-refractivity contribution is 7.98. The zero-order chi connectivity index (χ0) is 20.9. The SMILES string of the molecule is CSCCC(NC(=O)CCCc1cn(C)c2ccccc12)c1nnc2ccccn12.